The van der Waals surface area contributed by atoms with Gasteiger partial charge < -0.3 is 10.2 Å². The van der Waals surface area contributed by atoms with Crippen molar-refractivity contribution in [1.29, 1.82) is 0 Å². The van der Waals surface area contributed by atoms with Gasteiger partial charge in [0.2, 0.25) is 5.91 Å². The number of amides is 1. The predicted octanol–water partition coefficient (Wildman–Crippen LogP) is 3.55. The highest BCUT2D eigenvalue weighted by Gasteiger charge is 2.11. The average Bonchev–Trinajstić information content (AvgIpc) is 3.00. The van der Waals surface area contributed by atoms with Crippen molar-refractivity contribution in [2.24, 2.45) is 0 Å². The highest BCUT2D eigenvalue weighted by atomic mass is 19.1. The molecule has 0 spiro atoms. The van der Waals surface area contributed by atoms with Gasteiger partial charge in [0.15, 0.2) is 0 Å². The van der Waals surface area contributed by atoms with E-state index in [1.807, 2.05) is 24.3 Å². The molecular formula is C22H23FN4O2. The quantitative estimate of drug-likeness (QED) is 0.735. The van der Waals surface area contributed by atoms with Crippen molar-refractivity contribution in [2.75, 3.05) is 23.3 Å². The first-order chi connectivity index (χ1) is 14.1. The smallest absolute Gasteiger partial charge is 0.261 e. The molecule has 2 heterocycles. The van der Waals surface area contributed by atoms with Crippen molar-refractivity contribution in [3.63, 3.8) is 0 Å². The van der Waals surface area contributed by atoms with Crippen molar-refractivity contribution in [3.8, 4) is 0 Å². The molecule has 0 atom stereocenters. The lowest BCUT2D eigenvalue weighted by Crippen LogP contribution is -2.28. The first-order valence-electron chi connectivity index (χ1n) is 9.90. The number of benzene rings is 2. The summed E-state index contributed by atoms with van der Waals surface area (Å²) in [5, 5.41) is 3.09. The number of carbonyl (C=O) groups is 1. The van der Waals surface area contributed by atoms with Crippen LogP contribution in [0.15, 0.2) is 53.6 Å². The molecule has 1 aliphatic rings. The minimum atomic E-state index is -0.455. The number of aromatic nitrogens is 2. The van der Waals surface area contributed by atoms with E-state index in [1.54, 1.807) is 0 Å². The van der Waals surface area contributed by atoms with Crippen LogP contribution >= 0.6 is 0 Å². The van der Waals surface area contributed by atoms with Crippen LogP contribution in [-0.4, -0.2) is 28.5 Å². The minimum absolute atomic E-state index is 0.160. The predicted molar refractivity (Wildman–Crippen MR) is 112 cm³/mol. The standard InChI is InChI=1S/C22H23FN4O2/c23-16-5-10-19-20(13-16)24-15-27(22(19)29)14-21(28)25-17-6-8-18(9-7-17)26-11-3-1-2-4-12-26/h5-10,13,15H,1-4,11-12,14H2,(H,25,28). The van der Waals surface area contributed by atoms with E-state index in [-0.39, 0.29) is 28.9 Å². The molecule has 1 aromatic heterocycles. The summed E-state index contributed by atoms with van der Waals surface area (Å²) < 4.78 is 14.5. The maximum atomic E-state index is 13.3. The summed E-state index contributed by atoms with van der Waals surface area (Å²) >= 11 is 0. The number of rotatable bonds is 4. The molecule has 1 N–H and O–H groups in total. The number of nitrogens with zero attached hydrogens (tertiary/aromatic N) is 3. The van der Waals surface area contributed by atoms with Crippen LogP contribution in [0.2, 0.25) is 0 Å². The number of hydrogen-bond acceptors (Lipinski definition) is 4. The van der Waals surface area contributed by atoms with Gasteiger partial charge in [0.05, 0.1) is 17.2 Å². The molecular weight excluding hydrogens is 371 g/mol. The zero-order chi connectivity index (χ0) is 20.2. The molecule has 6 nitrogen and oxygen atoms in total. The zero-order valence-electron chi connectivity index (χ0n) is 16.1. The van der Waals surface area contributed by atoms with Gasteiger partial charge in [-0.3, -0.25) is 14.2 Å². The molecule has 7 heteroatoms. The van der Waals surface area contributed by atoms with Gasteiger partial charge in [-0.1, -0.05) is 12.8 Å². The summed E-state index contributed by atoms with van der Waals surface area (Å²) in [5.41, 5.74) is 1.74. The third-order valence-corrected chi connectivity index (χ3v) is 5.22. The number of carbonyl (C=O) groups excluding carboxylic acids is 1. The van der Waals surface area contributed by atoms with Gasteiger partial charge in [-0.25, -0.2) is 9.37 Å². The molecule has 1 aliphatic heterocycles. The summed E-state index contributed by atoms with van der Waals surface area (Å²) in [5.74, 6) is -0.776. The Bertz CT molecular complexity index is 1070. The van der Waals surface area contributed by atoms with E-state index in [2.05, 4.69) is 15.2 Å². The van der Waals surface area contributed by atoms with Crippen LogP contribution in [0.25, 0.3) is 10.9 Å². The number of halogens is 1. The Morgan fingerprint density at radius 3 is 2.48 bits per heavy atom. The number of hydrogen-bond donors (Lipinski definition) is 1. The van der Waals surface area contributed by atoms with Gasteiger partial charge in [-0.15, -0.1) is 0 Å². The molecule has 4 rings (SSSR count). The maximum absolute atomic E-state index is 13.3. The zero-order valence-corrected chi connectivity index (χ0v) is 16.1. The molecule has 2 aromatic carbocycles. The lowest BCUT2D eigenvalue weighted by molar-refractivity contribution is -0.116. The third-order valence-electron chi connectivity index (χ3n) is 5.22. The second kappa shape index (κ2) is 8.43. The summed E-state index contributed by atoms with van der Waals surface area (Å²) in [6.45, 7) is 1.97. The fraction of sp³-hybridized carbons (Fsp3) is 0.318. The lowest BCUT2D eigenvalue weighted by Gasteiger charge is -2.22. The van der Waals surface area contributed by atoms with Crippen LogP contribution in [0.3, 0.4) is 0 Å². The SMILES string of the molecule is O=C(Cn1cnc2cc(F)ccc2c1=O)Nc1ccc(N2CCCCCC2)cc1. The summed E-state index contributed by atoms with van der Waals surface area (Å²) in [7, 11) is 0. The summed E-state index contributed by atoms with van der Waals surface area (Å²) in [6, 6.07) is 11.6. The van der Waals surface area contributed by atoms with Crippen molar-refractivity contribution in [3.05, 3.63) is 65.0 Å². The Balaban J connectivity index is 1.43. The second-order valence-corrected chi connectivity index (χ2v) is 7.34. The van der Waals surface area contributed by atoms with Gasteiger partial charge in [0.25, 0.3) is 5.56 Å². The molecule has 0 unspecified atom stereocenters. The second-order valence-electron chi connectivity index (χ2n) is 7.34. The molecule has 0 radical (unpaired) electrons. The van der Waals surface area contributed by atoms with E-state index in [4.69, 9.17) is 0 Å². The van der Waals surface area contributed by atoms with Crippen molar-refractivity contribution >= 4 is 28.2 Å². The highest BCUT2D eigenvalue weighted by Crippen LogP contribution is 2.21. The first-order valence-corrected chi connectivity index (χ1v) is 9.90. The van der Waals surface area contributed by atoms with Crippen LogP contribution < -0.4 is 15.8 Å². The Morgan fingerprint density at radius 2 is 1.76 bits per heavy atom. The van der Waals surface area contributed by atoms with E-state index in [1.165, 1.54) is 54.8 Å². The Labute approximate surface area is 168 Å². The normalized spacial score (nSPS) is 14.6. The first kappa shape index (κ1) is 19.1. The fourth-order valence-electron chi connectivity index (χ4n) is 3.68. The molecule has 0 aliphatic carbocycles. The molecule has 150 valence electrons. The van der Waals surface area contributed by atoms with E-state index < -0.39 is 5.82 Å². The molecule has 1 amide bonds. The Kier molecular flexibility index (Phi) is 5.55. The lowest BCUT2D eigenvalue weighted by atomic mass is 10.2. The Morgan fingerprint density at radius 1 is 1.03 bits per heavy atom. The summed E-state index contributed by atoms with van der Waals surface area (Å²) in [4.78, 5) is 31.3. The summed E-state index contributed by atoms with van der Waals surface area (Å²) in [6.07, 6.45) is 6.25. The number of anilines is 2. The van der Waals surface area contributed by atoms with E-state index in [0.29, 0.717) is 5.69 Å². The third kappa shape index (κ3) is 4.45. The molecule has 0 bridgehead atoms. The van der Waals surface area contributed by atoms with Gasteiger partial charge in [0.1, 0.15) is 12.4 Å². The van der Waals surface area contributed by atoms with Crippen molar-refractivity contribution < 1.29 is 9.18 Å². The minimum Gasteiger partial charge on any atom is -0.372 e. The van der Waals surface area contributed by atoms with Crippen molar-refractivity contribution in [2.45, 2.75) is 32.2 Å². The largest absolute Gasteiger partial charge is 0.372 e. The fourth-order valence-corrected chi connectivity index (χ4v) is 3.68. The molecule has 29 heavy (non-hydrogen) atoms. The molecule has 3 aromatic rings. The topological polar surface area (TPSA) is 67.2 Å². The van der Waals surface area contributed by atoms with Crippen LogP contribution in [0.4, 0.5) is 15.8 Å². The molecule has 0 saturated carbocycles. The van der Waals surface area contributed by atoms with Gasteiger partial charge >= 0.3 is 0 Å². The van der Waals surface area contributed by atoms with E-state index in [0.717, 1.165) is 18.8 Å². The van der Waals surface area contributed by atoms with Crippen LogP contribution in [0.1, 0.15) is 25.7 Å². The van der Waals surface area contributed by atoms with E-state index in [9.17, 15) is 14.0 Å². The monoisotopic (exact) mass is 394 g/mol. The van der Waals surface area contributed by atoms with Crippen LogP contribution in [0, 0.1) is 5.82 Å². The maximum Gasteiger partial charge on any atom is 0.261 e. The average molecular weight is 394 g/mol. The van der Waals surface area contributed by atoms with Gasteiger partial charge in [-0.05, 0) is 49.2 Å². The number of nitrogens with one attached hydrogen (secondary N) is 1. The number of fused-ring (bicyclic) bond motifs is 1. The Hall–Kier alpha value is -3.22. The molecule has 1 fully saturated rings. The van der Waals surface area contributed by atoms with Gasteiger partial charge in [0, 0.05) is 30.5 Å². The van der Waals surface area contributed by atoms with E-state index >= 15 is 0 Å². The molecule has 1 saturated heterocycles. The van der Waals surface area contributed by atoms with Crippen molar-refractivity contribution in [1.82, 2.24) is 9.55 Å². The van der Waals surface area contributed by atoms with Crippen LogP contribution in [0.5, 0.6) is 0 Å². The highest BCUT2D eigenvalue weighted by molar-refractivity contribution is 5.91. The van der Waals surface area contributed by atoms with Gasteiger partial charge in [-0.2, -0.15) is 0 Å². The van der Waals surface area contributed by atoms with Crippen LogP contribution in [-0.2, 0) is 11.3 Å².